The normalized spacial score (nSPS) is 17.5. The summed E-state index contributed by atoms with van der Waals surface area (Å²) < 4.78 is 16.2. The number of hydrogen-bond donors (Lipinski definition) is 0. The molecule has 0 radical (unpaired) electrons. The lowest BCUT2D eigenvalue weighted by Crippen LogP contribution is -2.30. The molecule has 6 nitrogen and oxygen atoms in total. The van der Waals surface area contributed by atoms with E-state index >= 15 is 0 Å². The molecule has 0 N–H and O–H groups in total. The summed E-state index contributed by atoms with van der Waals surface area (Å²) in [6, 6.07) is 7.32. The fourth-order valence-electron chi connectivity index (χ4n) is 1.77. The van der Waals surface area contributed by atoms with Crippen molar-refractivity contribution in [3.05, 3.63) is 40.3 Å². The number of ether oxygens (including phenoxy) is 3. The van der Waals surface area contributed by atoms with Crippen LogP contribution in [0.15, 0.2) is 29.4 Å². The number of azide groups is 1. The average Bonchev–Trinajstić information content (AvgIpc) is 2.86. The van der Waals surface area contributed by atoms with E-state index in [0.717, 1.165) is 11.3 Å². The van der Waals surface area contributed by atoms with Crippen LogP contribution in [0, 0.1) is 0 Å². The highest BCUT2D eigenvalue weighted by Crippen LogP contribution is 2.32. The highest BCUT2D eigenvalue weighted by molar-refractivity contribution is 5.30. The minimum Gasteiger partial charge on any atom is -0.497 e. The van der Waals surface area contributed by atoms with Crippen molar-refractivity contribution in [3.63, 3.8) is 0 Å². The van der Waals surface area contributed by atoms with Crippen molar-refractivity contribution in [3.8, 4) is 5.75 Å². The lowest BCUT2D eigenvalue weighted by Gasteiger charge is -2.25. The maximum Gasteiger partial charge on any atom is 0.200 e. The van der Waals surface area contributed by atoms with Gasteiger partial charge in [0, 0.05) is 10.5 Å². The summed E-state index contributed by atoms with van der Waals surface area (Å²) in [7, 11) is 1.60. The SMILES string of the molecule is COc1ccc(C2(CN=[N+]=[N-])OCCO2)cc1. The quantitative estimate of drug-likeness (QED) is 0.456. The minimum absolute atomic E-state index is 0.121. The summed E-state index contributed by atoms with van der Waals surface area (Å²) in [4.78, 5) is 2.74. The number of nitrogens with zero attached hydrogens (tertiary/aromatic N) is 3. The van der Waals surface area contributed by atoms with Gasteiger partial charge in [0.05, 0.1) is 26.9 Å². The number of hydrogen-bond acceptors (Lipinski definition) is 4. The maximum atomic E-state index is 8.40. The van der Waals surface area contributed by atoms with Gasteiger partial charge in [0.2, 0.25) is 5.79 Å². The molecule has 0 aromatic heterocycles. The highest BCUT2D eigenvalue weighted by Gasteiger charge is 2.37. The first kappa shape index (κ1) is 11.7. The first-order chi connectivity index (χ1) is 8.30. The van der Waals surface area contributed by atoms with E-state index in [9.17, 15) is 0 Å². The van der Waals surface area contributed by atoms with Crippen molar-refractivity contribution in [1.82, 2.24) is 0 Å². The van der Waals surface area contributed by atoms with Crippen LogP contribution in [-0.2, 0) is 15.3 Å². The molecule has 1 saturated heterocycles. The van der Waals surface area contributed by atoms with Gasteiger partial charge < -0.3 is 14.2 Å². The first-order valence-electron chi connectivity index (χ1n) is 5.24. The Hall–Kier alpha value is -1.75. The summed E-state index contributed by atoms with van der Waals surface area (Å²) in [6.07, 6.45) is 0. The molecule has 1 aliphatic heterocycles. The summed E-state index contributed by atoms with van der Waals surface area (Å²) >= 11 is 0. The number of benzene rings is 1. The Morgan fingerprint density at radius 1 is 1.35 bits per heavy atom. The average molecular weight is 235 g/mol. The Morgan fingerprint density at radius 2 is 2.00 bits per heavy atom. The number of rotatable bonds is 4. The monoisotopic (exact) mass is 235 g/mol. The van der Waals surface area contributed by atoms with Crippen LogP contribution in [0.3, 0.4) is 0 Å². The van der Waals surface area contributed by atoms with Crippen LogP contribution in [0.1, 0.15) is 5.56 Å². The van der Waals surface area contributed by atoms with Crippen LogP contribution in [0.4, 0.5) is 0 Å². The fraction of sp³-hybridized carbons (Fsp3) is 0.455. The topological polar surface area (TPSA) is 76.5 Å². The molecular formula is C11H13N3O3. The molecule has 0 atom stereocenters. The zero-order valence-corrected chi connectivity index (χ0v) is 9.50. The molecule has 0 bridgehead atoms. The zero-order chi connectivity index (χ0) is 12.1. The van der Waals surface area contributed by atoms with Crippen LogP contribution < -0.4 is 4.74 Å². The Balaban J connectivity index is 2.28. The molecule has 1 aliphatic rings. The Kier molecular flexibility index (Phi) is 3.49. The molecule has 1 aromatic carbocycles. The van der Waals surface area contributed by atoms with Crippen LogP contribution in [0.25, 0.3) is 10.4 Å². The van der Waals surface area contributed by atoms with Crippen molar-refractivity contribution in [1.29, 1.82) is 0 Å². The number of methoxy groups -OCH3 is 1. The molecule has 0 aliphatic carbocycles. The van der Waals surface area contributed by atoms with Gasteiger partial charge in [0.1, 0.15) is 5.75 Å². The third-order valence-corrected chi connectivity index (χ3v) is 2.63. The molecule has 6 heteroatoms. The standard InChI is InChI=1S/C11H13N3O3/c1-15-10-4-2-9(3-5-10)11(8-13-14-12)16-6-7-17-11/h2-5H,6-8H2,1H3. The van der Waals surface area contributed by atoms with E-state index in [4.69, 9.17) is 19.7 Å². The van der Waals surface area contributed by atoms with E-state index in [-0.39, 0.29) is 6.54 Å². The Labute approximate surface area is 98.7 Å². The smallest absolute Gasteiger partial charge is 0.200 e. The van der Waals surface area contributed by atoms with Gasteiger partial charge in [0.25, 0.3) is 0 Å². The molecule has 0 saturated carbocycles. The van der Waals surface area contributed by atoms with Crippen LogP contribution in [-0.4, -0.2) is 26.9 Å². The van der Waals surface area contributed by atoms with Crippen LogP contribution in [0.5, 0.6) is 5.75 Å². The van der Waals surface area contributed by atoms with E-state index in [1.54, 1.807) is 7.11 Å². The van der Waals surface area contributed by atoms with E-state index < -0.39 is 5.79 Å². The van der Waals surface area contributed by atoms with Crippen molar-refractivity contribution in [2.45, 2.75) is 5.79 Å². The van der Waals surface area contributed by atoms with Gasteiger partial charge in [-0.1, -0.05) is 5.11 Å². The van der Waals surface area contributed by atoms with E-state index in [2.05, 4.69) is 10.0 Å². The molecule has 1 heterocycles. The zero-order valence-electron chi connectivity index (χ0n) is 9.50. The molecule has 90 valence electrons. The Morgan fingerprint density at radius 3 is 2.53 bits per heavy atom. The second-order valence-corrected chi connectivity index (χ2v) is 3.57. The molecule has 17 heavy (non-hydrogen) atoms. The lowest BCUT2D eigenvalue weighted by atomic mass is 10.1. The van der Waals surface area contributed by atoms with E-state index in [1.165, 1.54) is 0 Å². The van der Waals surface area contributed by atoms with Gasteiger partial charge in [-0.05, 0) is 29.8 Å². The van der Waals surface area contributed by atoms with Crippen molar-refractivity contribution in [2.24, 2.45) is 5.11 Å². The van der Waals surface area contributed by atoms with Crippen LogP contribution in [0.2, 0.25) is 0 Å². The van der Waals surface area contributed by atoms with E-state index in [0.29, 0.717) is 13.2 Å². The van der Waals surface area contributed by atoms with Crippen molar-refractivity contribution in [2.75, 3.05) is 26.9 Å². The van der Waals surface area contributed by atoms with Gasteiger partial charge >= 0.3 is 0 Å². The second-order valence-electron chi connectivity index (χ2n) is 3.57. The first-order valence-corrected chi connectivity index (χ1v) is 5.24. The maximum absolute atomic E-state index is 8.40. The fourth-order valence-corrected chi connectivity index (χ4v) is 1.77. The van der Waals surface area contributed by atoms with Gasteiger partial charge in [0.15, 0.2) is 0 Å². The molecular weight excluding hydrogens is 222 g/mol. The Bertz CT molecular complexity index is 420. The predicted octanol–water partition coefficient (Wildman–Crippen LogP) is 2.21. The predicted molar refractivity (Wildman–Crippen MR) is 60.6 cm³/mol. The van der Waals surface area contributed by atoms with Crippen molar-refractivity contribution < 1.29 is 14.2 Å². The summed E-state index contributed by atoms with van der Waals surface area (Å²) in [5, 5.41) is 3.54. The van der Waals surface area contributed by atoms with Gasteiger partial charge in [-0.3, -0.25) is 0 Å². The summed E-state index contributed by atoms with van der Waals surface area (Å²) in [5.41, 5.74) is 9.22. The van der Waals surface area contributed by atoms with Crippen LogP contribution >= 0.6 is 0 Å². The summed E-state index contributed by atoms with van der Waals surface area (Å²) in [5.74, 6) is -0.191. The lowest BCUT2D eigenvalue weighted by molar-refractivity contribution is -0.156. The summed E-state index contributed by atoms with van der Waals surface area (Å²) in [6.45, 7) is 1.11. The third-order valence-electron chi connectivity index (χ3n) is 2.63. The third kappa shape index (κ3) is 2.34. The molecule has 1 fully saturated rings. The van der Waals surface area contributed by atoms with E-state index in [1.807, 2.05) is 24.3 Å². The van der Waals surface area contributed by atoms with Gasteiger partial charge in [-0.25, -0.2) is 0 Å². The van der Waals surface area contributed by atoms with Gasteiger partial charge in [-0.15, -0.1) is 0 Å². The molecule has 0 amide bonds. The second kappa shape index (κ2) is 5.05. The molecule has 2 rings (SSSR count). The van der Waals surface area contributed by atoms with Gasteiger partial charge in [-0.2, -0.15) is 0 Å². The molecule has 1 aromatic rings. The highest BCUT2D eigenvalue weighted by atomic mass is 16.7. The van der Waals surface area contributed by atoms with Crippen molar-refractivity contribution >= 4 is 0 Å². The minimum atomic E-state index is -0.946. The molecule has 0 spiro atoms. The molecule has 0 unspecified atom stereocenters. The largest absolute Gasteiger partial charge is 0.497 e.